The van der Waals surface area contributed by atoms with Crippen LogP contribution in [0.2, 0.25) is 0 Å². The Morgan fingerprint density at radius 3 is 2.36 bits per heavy atom. The monoisotopic (exact) mass is 300 g/mol. The predicted molar refractivity (Wildman–Crippen MR) is 83.2 cm³/mol. The second kappa shape index (κ2) is 7.36. The van der Waals surface area contributed by atoms with Gasteiger partial charge in [0, 0.05) is 5.56 Å². The summed E-state index contributed by atoms with van der Waals surface area (Å²) in [5, 5.41) is 4.91. The van der Waals surface area contributed by atoms with Crippen molar-refractivity contribution in [3.8, 4) is 0 Å². The van der Waals surface area contributed by atoms with Gasteiger partial charge < -0.3 is 10.6 Å². The van der Waals surface area contributed by atoms with Gasteiger partial charge in [0.1, 0.15) is 5.82 Å². The summed E-state index contributed by atoms with van der Waals surface area (Å²) in [7, 11) is 0. The maximum Gasteiger partial charge on any atom is 0.251 e. The lowest BCUT2D eigenvalue weighted by Crippen LogP contribution is -2.33. The molecule has 0 aliphatic carbocycles. The van der Waals surface area contributed by atoms with E-state index in [1.165, 1.54) is 18.2 Å². The Balaban J connectivity index is 1.87. The van der Waals surface area contributed by atoms with E-state index in [0.717, 1.165) is 12.0 Å². The van der Waals surface area contributed by atoms with Crippen LogP contribution in [0, 0.1) is 5.82 Å². The van der Waals surface area contributed by atoms with E-state index in [-0.39, 0.29) is 18.1 Å². The molecule has 0 aliphatic rings. The molecule has 114 valence electrons. The molecule has 0 unspecified atom stereocenters. The average molecular weight is 300 g/mol. The van der Waals surface area contributed by atoms with Crippen LogP contribution in [0.5, 0.6) is 0 Å². The van der Waals surface area contributed by atoms with Crippen molar-refractivity contribution in [2.24, 2.45) is 0 Å². The van der Waals surface area contributed by atoms with Crippen molar-refractivity contribution in [1.82, 2.24) is 5.32 Å². The zero-order chi connectivity index (χ0) is 15.9. The number of hydrogen-bond acceptors (Lipinski definition) is 2. The SMILES string of the molecule is CCc1ccc(C(=O)NCC(=O)Nc2ccccc2F)cc1. The van der Waals surface area contributed by atoms with Crippen LogP contribution in [0.25, 0.3) is 0 Å². The minimum atomic E-state index is -0.516. The van der Waals surface area contributed by atoms with E-state index in [0.29, 0.717) is 5.56 Å². The fourth-order valence-corrected chi connectivity index (χ4v) is 1.91. The molecule has 0 saturated carbocycles. The molecule has 2 aromatic carbocycles. The number of benzene rings is 2. The molecule has 0 radical (unpaired) electrons. The summed E-state index contributed by atoms with van der Waals surface area (Å²) < 4.78 is 13.4. The first-order valence-electron chi connectivity index (χ1n) is 7.01. The van der Waals surface area contributed by atoms with E-state index in [9.17, 15) is 14.0 Å². The lowest BCUT2D eigenvalue weighted by atomic mass is 10.1. The first-order valence-corrected chi connectivity index (χ1v) is 7.01. The van der Waals surface area contributed by atoms with Crippen LogP contribution in [0.4, 0.5) is 10.1 Å². The number of hydrogen-bond donors (Lipinski definition) is 2. The molecule has 2 N–H and O–H groups in total. The first-order chi connectivity index (χ1) is 10.6. The Morgan fingerprint density at radius 2 is 1.73 bits per heavy atom. The second-order valence-electron chi connectivity index (χ2n) is 4.76. The van der Waals surface area contributed by atoms with Crippen molar-refractivity contribution in [3.63, 3.8) is 0 Å². The molecule has 0 aliphatic heterocycles. The molecule has 4 nitrogen and oxygen atoms in total. The third kappa shape index (κ3) is 4.15. The summed E-state index contributed by atoms with van der Waals surface area (Å²) in [6.45, 7) is 1.81. The third-order valence-corrected chi connectivity index (χ3v) is 3.18. The van der Waals surface area contributed by atoms with E-state index in [1.807, 2.05) is 19.1 Å². The molecular formula is C17H17FN2O2. The molecule has 2 aromatic rings. The molecule has 22 heavy (non-hydrogen) atoms. The van der Waals surface area contributed by atoms with Crippen molar-refractivity contribution in [2.75, 3.05) is 11.9 Å². The van der Waals surface area contributed by atoms with Gasteiger partial charge in [-0.2, -0.15) is 0 Å². The van der Waals surface area contributed by atoms with Gasteiger partial charge in [0.15, 0.2) is 0 Å². The molecule has 2 amide bonds. The smallest absolute Gasteiger partial charge is 0.251 e. The van der Waals surface area contributed by atoms with E-state index >= 15 is 0 Å². The minimum Gasteiger partial charge on any atom is -0.343 e. The average Bonchev–Trinajstić information content (AvgIpc) is 2.55. The third-order valence-electron chi connectivity index (χ3n) is 3.18. The number of nitrogens with one attached hydrogen (secondary N) is 2. The zero-order valence-electron chi connectivity index (χ0n) is 12.2. The van der Waals surface area contributed by atoms with Gasteiger partial charge in [0.05, 0.1) is 12.2 Å². The van der Waals surface area contributed by atoms with Crippen LogP contribution in [0.1, 0.15) is 22.8 Å². The normalized spacial score (nSPS) is 10.1. The highest BCUT2D eigenvalue weighted by Crippen LogP contribution is 2.11. The van der Waals surface area contributed by atoms with Crippen molar-refractivity contribution >= 4 is 17.5 Å². The van der Waals surface area contributed by atoms with Crippen LogP contribution in [-0.2, 0) is 11.2 Å². The summed E-state index contributed by atoms with van der Waals surface area (Å²) in [6.07, 6.45) is 0.896. The maximum atomic E-state index is 13.4. The number of halogens is 1. The maximum absolute atomic E-state index is 13.4. The number of rotatable bonds is 5. The van der Waals surface area contributed by atoms with Crippen molar-refractivity contribution in [1.29, 1.82) is 0 Å². The highest BCUT2D eigenvalue weighted by atomic mass is 19.1. The fourth-order valence-electron chi connectivity index (χ4n) is 1.91. The van der Waals surface area contributed by atoms with Crippen molar-refractivity contribution in [2.45, 2.75) is 13.3 Å². The quantitative estimate of drug-likeness (QED) is 0.892. The molecular weight excluding hydrogens is 283 g/mol. The standard InChI is InChI=1S/C17H17FN2O2/c1-2-12-7-9-13(10-8-12)17(22)19-11-16(21)20-15-6-4-3-5-14(15)18/h3-10H,2,11H2,1H3,(H,19,22)(H,20,21). The molecule has 0 fully saturated rings. The number of carbonyl (C=O) groups excluding carboxylic acids is 2. The summed E-state index contributed by atoms with van der Waals surface area (Å²) in [5.41, 5.74) is 1.71. The molecule has 0 saturated heterocycles. The molecule has 5 heteroatoms. The molecule has 0 spiro atoms. The van der Waals surface area contributed by atoms with Crippen molar-refractivity contribution in [3.05, 3.63) is 65.5 Å². The predicted octanol–water partition coefficient (Wildman–Crippen LogP) is 2.76. The van der Waals surface area contributed by atoms with Crippen LogP contribution in [0.3, 0.4) is 0 Å². The van der Waals surface area contributed by atoms with E-state index in [1.54, 1.807) is 18.2 Å². The molecule has 2 rings (SSSR count). The lowest BCUT2D eigenvalue weighted by molar-refractivity contribution is -0.115. The van der Waals surface area contributed by atoms with Crippen LogP contribution in [-0.4, -0.2) is 18.4 Å². The van der Waals surface area contributed by atoms with Gasteiger partial charge in [-0.15, -0.1) is 0 Å². The number of carbonyl (C=O) groups is 2. The second-order valence-corrected chi connectivity index (χ2v) is 4.76. The van der Waals surface area contributed by atoms with Gasteiger partial charge in [-0.1, -0.05) is 31.2 Å². The van der Waals surface area contributed by atoms with E-state index in [4.69, 9.17) is 0 Å². The van der Waals surface area contributed by atoms with Gasteiger partial charge in [-0.05, 0) is 36.2 Å². The molecule has 0 bridgehead atoms. The number of anilines is 1. The van der Waals surface area contributed by atoms with Gasteiger partial charge in [0.25, 0.3) is 5.91 Å². The molecule has 0 atom stereocenters. The van der Waals surface area contributed by atoms with Gasteiger partial charge >= 0.3 is 0 Å². The number of para-hydroxylation sites is 1. The highest BCUT2D eigenvalue weighted by molar-refractivity contribution is 5.99. The van der Waals surface area contributed by atoms with Crippen molar-refractivity contribution < 1.29 is 14.0 Å². The lowest BCUT2D eigenvalue weighted by Gasteiger charge is -2.08. The first kappa shape index (κ1) is 15.7. The summed E-state index contributed by atoms with van der Waals surface area (Å²) in [6, 6.07) is 13.0. The van der Waals surface area contributed by atoms with Crippen LogP contribution < -0.4 is 10.6 Å². The molecule has 0 aromatic heterocycles. The van der Waals surface area contributed by atoms with E-state index in [2.05, 4.69) is 10.6 Å². The topological polar surface area (TPSA) is 58.2 Å². The Morgan fingerprint density at radius 1 is 1.05 bits per heavy atom. The number of amides is 2. The summed E-state index contributed by atoms with van der Waals surface area (Å²) >= 11 is 0. The van der Waals surface area contributed by atoms with Crippen LogP contribution in [0.15, 0.2) is 48.5 Å². The number of aryl methyl sites for hydroxylation is 1. The van der Waals surface area contributed by atoms with E-state index < -0.39 is 11.7 Å². The Labute approximate surface area is 128 Å². The van der Waals surface area contributed by atoms with Gasteiger partial charge in [-0.25, -0.2) is 4.39 Å². The Hall–Kier alpha value is -2.69. The zero-order valence-corrected chi connectivity index (χ0v) is 12.2. The summed E-state index contributed by atoms with van der Waals surface area (Å²) in [4.78, 5) is 23.6. The molecule has 0 heterocycles. The fraction of sp³-hybridized carbons (Fsp3) is 0.176. The van der Waals surface area contributed by atoms with Gasteiger partial charge in [-0.3, -0.25) is 9.59 Å². The van der Waals surface area contributed by atoms with Crippen LogP contribution >= 0.6 is 0 Å². The largest absolute Gasteiger partial charge is 0.343 e. The summed E-state index contributed by atoms with van der Waals surface area (Å²) in [5.74, 6) is -1.34. The minimum absolute atomic E-state index is 0.0917. The highest BCUT2D eigenvalue weighted by Gasteiger charge is 2.09. The van der Waals surface area contributed by atoms with Gasteiger partial charge in [0.2, 0.25) is 5.91 Å². The Bertz CT molecular complexity index is 669. The Kier molecular flexibility index (Phi) is 5.25.